The minimum atomic E-state index is -0.192. The van der Waals surface area contributed by atoms with Gasteiger partial charge >= 0.3 is 0 Å². The fraction of sp³-hybridized carbons (Fsp3) is 0.231. The molecule has 0 aromatic carbocycles. The maximum atomic E-state index is 12.3. The molecule has 19 heavy (non-hydrogen) atoms. The summed E-state index contributed by atoms with van der Waals surface area (Å²) in [6.07, 6.45) is 3.89. The molecule has 1 amide bonds. The van der Waals surface area contributed by atoms with Gasteiger partial charge in [-0.05, 0) is 35.2 Å². The number of thiophene rings is 1. The Kier molecular flexibility index (Phi) is 3.44. The zero-order chi connectivity index (χ0) is 13.2. The number of aryl methyl sites for hydroxylation is 1. The summed E-state index contributed by atoms with van der Waals surface area (Å²) in [5, 5.41) is 14.2. The third-order valence-corrected chi connectivity index (χ3v) is 5.21. The number of hydrogen-bond donors (Lipinski definition) is 2. The van der Waals surface area contributed by atoms with Crippen molar-refractivity contribution in [3.05, 3.63) is 40.3 Å². The van der Waals surface area contributed by atoms with E-state index in [9.17, 15) is 9.90 Å². The summed E-state index contributed by atoms with van der Waals surface area (Å²) in [6, 6.07) is 3.61. The molecule has 3 heterocycles. The number of carbonyl (C=O) groups excluding carboxylic acids is 1. The summed E-state index contributed by atoms with van der Waals surface area (Å²) in [4.78, 5) is 17.4. The lowest BCUT2D eigenvalue weighted by Gasteiger charge is -2.21. The lowest BCUT2D eigenvalue weighted by Crippen LogP contribution is -2.22. The first kappa shape index (κ1) is 12.5. The number of amides is 1. The van der Waals surface area contributed by atoms with E-state index in [0.29, 0.717) is 5.69 Å². The number of anilines is 1. The zero-order valence-electron chi connectivity index (χ0n) is 10.00. The van der Waals surface area contributed by atoms with Crippen molar-refractivity contribution in [2.24, 2.45) is 0 Å². The number of hydrogen-bond acceptors (Lipinski definition) is 5. The molecule has 0 radical (unpaired) electrons. The van der Waals surface area contributed by atoms with Crippen LogP contribution in [0, 0.1) is 0 Å². The molecule has 0 bridgehead atoms. The number of fused-ring (bicyclic) bond motifs is 1. The number of thioether (sulfide) groups is 1. The number of nitrogens with zero attached hydrogens (tertiary/aromatic N) is 1. The van der Waals surface area contributed by atoms with Crippen LogP contribution >= 0.6 is 23.1 Å². The summed E-state index contributed by atoms with van der Waals surface area (Å²) in [7, 11) is 0. The predicted molar refractivity (Wildman–Crippen MR) is 77.8 cm³/mol. The monoisotopic (exact) mass is 292 g/mol. The molecule has 2 N–H and O–H groups in total. The molecule has 3 rings (SSSR count). The zero-order valence-corrected chi connectivity index (χ0v) is 11.6. The predicted octanol–water partition coefficient (Wildman–Crippen LogP) is 2.82. The van der Waals surface area contributed by atoms with Crippen LogP contribution < -0.4 is 5.32 Å². The van der Waals surface area contributed by atoms with Crippen LogP contribution in [0.5, 0.6) is 5.75 Å². The molecule has 6 heteroatoms. The van der Waals surface area contributed by atoms with Crippen molar-refractivity contribution in [1.82, 2.24) is 4.98 Å². The highest BCUT2D eigenvalue weighted by Crippen LogP contribution is 2.40. The van der Waals surface area contributed by atoms with Crippen molar-refractivity contribution >= 4 is 34.7 Å². The Labute approximate surface area is 118 Å². The molecular weight excluding hydrogens is 280 g/mol. The molecule has 98 valence electrons. The third kappa shape index (κ3) is 2.46. The standard InChI is InChI=1S/C13H12N2O2S2/c16-10-7-14-4-1-9(10)15-13(17)12-8-2-5-18-11(8)3-6-19-12/h1-2,4-5,7,12,16H,3,6H2,(H,14,15,17)/t12-/m1/s1. The number of carbonyl (C=O) groups is 1. The summed E-state index contributed by atoms with van der Waals surface area (Å²) >= 11 is 3.34. The van der Waals surface area contributed by atoms with Crippen molar-refractivity contribution in [2.45, 2.75) is 11.7 Å². The van der Waals surface area contributed by atoms with Crippen molar-refractivity contribution in [1.29, 1.82) is 0 Å². The van der Waals surface area contributed by atoms with Crippen LogP contribution in [0.4, 0.5) is 5.69 Å². The Morgan fingerprint density at radius 1 is 1.47 bits per heavy atom. The van der Waals surface area contributed by atoms with Gasteiger partial charge in [-0.25, -0.2) is 0 Å². The van der Waals surface area contributed by atoms with Gasteiger partial charge in [-0.2, -0.15) is 0 Å². The first-order valence-corrected chi connectivity index (χ1v) is 7.80. The van der Waals surface area contributed by atoms with Gasteiger partial charge in [-0.1, -0.05) is 0 Å². The van der Waals surface area contributed by atoms with Gasteiger partial charge < -0.3 is 10.4 Å². The van der Waals surface area contributed by atoms with Crippen molar-refractivity contribution in [3.8, 4) is 5.75 Å². The number of pyridine rings is 1. The van der Waals surface area contributed by atoms with Gasteiger partial charge in [0, 0.05) is 11.1 Å². The van der Waals surface area contributed by atoms with Crippen molar-refractivity contribution in [2.75, 3.05) is 11.1 Å². The molecule has 2 aromatic heterocycles. The van der Waals surface area contributed by atoms with E-state index < -0.39 is 0 Å². The summed E-state index contributed by atoms with van der Waals surface area (Å²) in [6.45, 7) is 0. The van der Waals surface area contributed by atoms with Gasteiger partial charge in [0.05, 0.1) is 11.9 Å². The summed E-state index contributed by atoms with van der Waals surface area (Å²) < 4.78 is 0. The highest BCUT2D eigenvalue weighted by Gasteiger charge is 2.28. The van der Waals surface area contributed by atoms with E-state index in [1.165, 1.54) is 11.1 Å². The van der Waals surface area contributed by atoms with E-state index in [1.807, 2.05) is 11.4 Å². The molecule has 2 aromatic rings. The SMILES string of the molecule is O=C(Nc1ccncc1O)[C@@H]1SCCc2sccc21. The first-order valence-electron chi connectivity index (χ1n) is 5.87. The van der Waals surface area contributed by atoms with E-state index in [0.717, 1.165) is 17.7 Å². The Bertz CT molecular complexity index is 612. The molecule has 1 aliphatic rings. The van der Waals surface area contributed by atoms with Gasteiger partial charge in [0.25, 0.3) is 0 Å². The van der Waals surface area contributed by atoms with E-state index in [2.05, 4.69) is 10.3 Å². The van der Waals surface area contributed by atoms with Crippen LogP contribution in [0.25, 0.3) is 0 Å². The van der Waals surface area contributed by atoms with E-state index in [1.54, 1.807) is 35.4 Å². The van der Waals surface area contributed by atoms with Crippen molar-refractivity contribution in [3.63, 3.8) is 0 Å². The normalized spacial score (nSPS) is 17.8. The molecule has 0 fully saturated rings. The van der Waals surface area contributed by atoms with Gasteiger partial charge in [0.2, 0.25) is 5.91 Å². The highest BCUT2D eigenvalue weighted by atomic mass is 32.2. The average molecular weight is 292 g/mol. The molecular formula is C13H12N2O2S2. The second-order valence-corrected chi connectivity index (χ2v) is 6.40. The van der Waals surface area contributed by atoms with E-state index in [4.69, 9.17) is 0 Å². The Morgan fingerprint density at radius 3 is 3.21 bits per heavy atom. The Morgan fingerprint density at radius 2 is 2.37 bits per heavy atom. The van der Waals surface area contributed by atoms with E-state index in [-0.39, 0.29) is 16.9 Å². The lowest BCUT2D eigenvalue weighted by atomic mass is 10.1. The van der Waals surface area contributed by atoms with Crippen LogP contribution in [0.2, 0.25) is 0 Å². The largest absolute Gasteiger partial charge is 0.504 e. The molecule has 4 nitrogen and oxygen atoms in total. The van der Waals surface area contributed by atoms with Gasteiger partial charge in [0.1, 0.15) is 5.25 Å². The fourth-order valence-corrected chi connectivity index (χ4v) is 4.35. The topological polar surface area (TPSA) is 62.2 Å². The molecule has 1 atom stereocenters. The number of rotatable bonds is 2. The minimum absolute atomic E-state index is 0.0119. The quantitative estimate of drug-likeness (QED) is 0.893. The van der Waals surface area contributed by atoms with E-state index >= 15 is 0 Å². The first-order chi connectivity index (χ1) is 9.25. The summed E-state index contributed by atoms with van der Waals surface area (Å²) in [5.74, 6) is 0.849. The van der Waals surface area contributed by atoms with Crippen LogP contribution in [0.15, 0.2) is 29.9 Å². The number of aromatic nitrogens is 1. The van der Waals surface area contributed by atoms with Gasteiger partial charge in [-0.3, -0.25) is 9.78 Å². The maximum Gasteiger partial charge on any atom is 0.242 e. The second-order valence-electron chi connectivity index (χ2n) is 4.18. The summed E-state index contributed by atoms with van der Waals surface area (Å²) in [5.41, 5.74) is 1.51. The number of nitrogens with one attached hydrogen (secondary N) is 1. The van der Waals surface area contributed by atoms with Gasteiger partial charge in [0.15, 0.2) is 5.75 Å². The van der Waals surface area contributed by atoms with Crippen LogP contribution in [-0.2, 0) is 11.2 Å². The smallest absolute Gasteiger partial charge is 0.242 e. The fourth-order valence-electron chi connectivity index (χ4n) is 2.05. The lowest BCUT2D eigenvalue weighted by molar-refractivity contribution is -0.115. The Hall–Kier alpha value is -1.53. The molecule has 0 saturated carbocycles. The molecule has 0 spiro atoms. The van der Waals surface area contributed by atoms with Crippen LogP contribution in [0.3, 0.4) is 0 Å². The van der Waals surface area contributed by atoms with Crippen LogP contribution in [0.1, 0.15) is 15.7 Å². The maximum absolute atomic E-state index is 12.3. The third-order valence-electron chi connectivity index (χ3n) is 2.97. The molecule has 1 aliphatic heterocycles. The van der Waals surface area contributed by atoms with Gasteiger partial charge in [-0.15, -0.1) is 23.1 Å². The highest BCUT2D eigenvalue weighted by molar-refractivity contribution is 8.00. The second kappa shape index (κ2) is 5.22. The number of aromatic hydroxyl groups is 1. The minimum Gasteiger partial charge on any atom is -0.504 e. The van der Waals surface area contributed by atoms with Crippen LogP contribution in [-0.4, -0.2) is 21.8 Å². The molecule has 0 aliphatic carbocycles. The molecule has 0 saturated heterocycles. The average Bonchev–Trinajstić information content (AvgIpc) is 2.89. The molecule has 0 unspecified atom stereocenters. The van der Waals surface area contributed by atoms with Crippen molar-refractivity contribution < 1.29 is 9.90 Å². The Balaban J connectivity index is 1.81.